The average molecular weight is 292 g/mol. The number of hydrogen-bond donors (Lipinski definition) is 1. The van der Waals surface area contributed by atoms with Crippen molar-refractivity contribution in [2.75, 3.05) is 6.61 Å². The fourth-order valence-corrected chi connectivity index (χ4v) is 3.18. The number of hydrogen-bond acceptors (Lipinski definition) is 4. The van der Waals surface area contributed by atoms with Crippen LogP contribution < -0.4 is 0 Å². The minimum atomic E-state index is -0.508. The second-order valence-electron chi connectivity index (χ2n) is 5.93. The lowest BCUT2D eigenvalue weighted by molar-refractivity contribution is -0.220. The molecular formula is C17H24O4. The summed E-state index contributed by atoms with van der Waals surface area (Å²) in [6.45, 7) is 3.16. The largest absolute Gasteiger partial charge is 0.390 e. The predicted molar refractivity (Wildman–Crippen MR) is 78.7 cm³/mol. The maximum absolute atomic E-state index is 10.6. The van der Waals surface area contributed by atoms with E-state index in [4.69, 9.17) is 14.2 Å². The van der Waals surface area contributed by atoms with E-state index in [1.54, 1.807) is 0 Å². The molecule has 3 rings (SSSR count). The van der Waals surface area contributed by atoms with Crippen LogP contribution in [0.2, 0.25) is 0 Å². The summed E-state index contributed by atoms with van der Waals surface area (Å²) in [5.41, 5.74) is 1.11. The lowest BCUT2D eigenvalue weighted by atomic mass is 9.88. The van der Waals surface area contributed by atoms with Crippen LogP contribution >= 0.6 is 0 Å². The summed E-state index contributed by atoms with van der Waals surface area (Å²) in [6, 6.07) is 10.0. The lowest BCUT2D eigenvalue weighted by Crippen LogP contribution is -2.51. The molecule has 0 aromatic heterocycles. The van der Waals surface area contributed by atoms with Gasteiger partial charge in [-0.25, -0.2) is 0 Å². The molecule has 1 aromatic rings. The van der Waals surface area contributed by atoms with E-state index >= 15 is 0 Å². The minimum Gasteiger partial charge on any atom is -0.390 e. The molecule has 2 saturated heterocycles. The van der Waals surface area contributed by atoms with Crippen LogP contribution in [0.1, 0.15) is 31.7 Å². The van der Waals surface area contributed by atoms with Crippen molar-refractivity contribution < 1.29 is 19.3 Å². The molecule has 5 atom stereocenters. The monoisotopic (exact) mass is 292 g/mol. The maximum atomic E-state index is 10.6. The van der Waals surface area contributed by atoms with Crippen molar-refractivity contribution in [2.45, 2.75) is 57.4 Å². The molecule has 0 unspecified atom stereocenters. The van der Waals surface area contributed by atoms with E-state index in [9.17, 15) is 5.11 Å². The molecule has 2 aliphatic heterocycles. The highest BCUT2D eigenvalue weighted by atomic mass is 16.7. The molecule has 0 saturated carbocycles. The molecule has 0 amide bonds. The second kappa shape index (κ2) is 6.88. The van der Waals surface area contributed by atoms with Gasteiger partial charge in [-0.1, -0.05) is 50.1 Å². The third-order valence-corrected chi connectivity index (χ3v) is 4.40. The van der Waals surface area contributed by atoms with Gasteiger partial charge in [-0.3, -0.25) is 0 Å². The zero-order chi connectivity index (χ0) is 14.7. The SMILES string of the molecule is CCCC[C@H]1[C@@H]2OC[C@@H](O2)[C@@H](OCc2ccccc2)[C@@H]1O. The van der Waals surface area contributed by atoms with Gasteiger partial charge in [0.25, 0.3) is 0 Å². The maximum Gasteiger partial charge on any atom is 0.163 e. The molecule has 21 heavy (non-hydrogen) atoms. The first-order valence-electron chi connectivity index (χ1n) is 7.90. The molecular weight excluding hydrogens is 268 g/mol. The van der Waals surface area contributed by atoms with E-state index in [1.807, 2.05) is 30.3 Å². The van der Waals surface area contributed by atoms with Crippen molar-refractivity contribution in [3.8, 4) is 0 Å². The fraction of sp³-hybridized carbons (Fsp3) is 0.647. The average Bonchev–Trinajstić information content (AvgIpc) is 2.94. The Morgan fingerprint density at radius 3 is 2.86 bits per heavy atom. The van der Waals surface area contributed by atoms with E-state index in [0.29, 0.717) is 13.2 Å². The Balaban J connectivity index is 1.63. The standard InChI is InChI=1S/C17H24O4/c1-2-3-9-13-15(18)16(14-11-20-17(13)21-14)19-10-12-7-5-4-6-8-12/h4-8,13-18H,2-3,9-11H2,1H3/t13-,14-,15-,16-,17-/m1/s1. The molecule has 1 N–H and O–H groups in total. The predicted octanol–water partition coefficient (Wildman–Crippen LogP) is 2.49. The molecule has 116 valence electrons. The number of aliphatic hydroxyl groups excluding tert-OH is 1. The summed E-state index contributed by atoms with van der Waals surface area (Å²) >= 11 is 0. The van der Waals surface area contributed by atoms with Gasteiger partial charge in [0.05, 0.1) is 19.3 Å². The summed E-state index contributed by atoms with van der Waals surface area (Å²) < 4.78 is 17.5. The Morgan fingerprint density at radius 1 is 1.29 bits per heavy atom. The highest BCUT2D eigenvalue weighted by molar-refractivity contribution is 5.13. The number of unbranched alkanes of at least 4 members (excludes halogenated alkanes) is 1. The van der Waals surface area contributed by atoms with Gasteiger partial charge < -0.3 is 19.3 Å². The van der Waals surface area contributed by atoms with E-state index in [-0.39, 0.29) is 24.4 Å². The molecule has 0 spiro atoms. The number of rotatable bonds is 6. The van der Waals surface area contributed by atoms with Gasteiger partial charge >= 0.3 is 0 Å². The van der Waals surface area contributed by atoms with Gasteiger partial charge in [0, 0.05) is 5.92 Å². The number of fused-ring (bicyclic) bond motifs is 2. The number of aliphatic hydroxyl groups is 1. The summed E-state index contributed by atoms with van der Waals surface area (Å²) in [4.78, 5) is 0. The summed E-state index contributed by atoms with van der Waals surface area (Å²) in [5.74, 6) is 0.0180. The van der Waals surface area contributed by atoms with Crippen molar-refractivity contribution in [1.82, 2.24) is 0 Å². The summed E-state index contributed by atoms with van der Waals surface area (Å²) in [7, 11) is 0. The molecule has 0 radical (unpaired) electrons. The first-order chi connectivity index (χ1) is 10.3. The summed E-state index contributed by atoms with van der Waals surface area (Å²) in [6.07, 6.45) is 1.88. The van der Waals surface area contributed by atoms with Crippen LogP contribution in [-0.2, 0) is 20.8 Å². The van der Waals surface area contributed by atoms with Crippen LogP contribution in [0.4, 0.5) is 0 Å². The quantitative estimate of drug-likeness (QED) is 0.875. The molecule has 2 heterocycles. The smallest absolute Gasteiger partial charge is 0.163 e. The molecule has 2 aliphatic rings. The Bertz CT molecular complexity index is 436. The van der Waals surface area contributed by atoms with E-state index in [0.717, 1.165) is 24.8 Å². The third-order valence-electron chi connectivity index (χ3n) is 4.40. The Hall–Kier alpha value is -0.940. The van der Waals surface area contributed by atoms with Crippen molar-refractivity contribution in [3.63, 3.8) is 0 Å². The Kier molecular flexibility index (Phi) is 4.91. The Morgan fingerprint density at radius 2 is 2.10 bits per heavy atom. The Labute approximate surface area is 126 Å². The first kappa shape index (κ1) is 15.0. The van der Waals surface area contributed by atoms with Gasteiger partial charge in [-0.15, -0.1) is 0 Å². The van der Waals surface area contributed by atoms with Gasteiger partial charge in [0.2, 0.25) is 0 Å². The minimum absolute atomic E-state index is 0.0180. The van der Waals surface area contributed by atoms with Crippen molar-refractivity contribution >= 4 is 0 Å². The fourth-order valence-electron chi connectivity index (χ4n) is 3.18. The normalized spacial score (nSPS) is 35.0. The van der Waals surface area contributed by atoms with Gasteiger partial charge in [-0.05, 0) is 12.0 Å². The zero-order valence-electron chi connectivity index (χ0n) is 12.5. The van der Waals surface area contributed by atoms with Gasteiger partial charge in [0.1, 0.15) is 12.2 Å². The molecule has 4 nitrogen and oxygen atoms in total. The van der Waals surface area contributed by atoms with Crippen LogP contribution in [0.5, 0.6) is 0 Å². The zero-order valence-corrected chi connectivity index (χ0v) is 12.5. The topological polar surface area (TPSA) is 47.9 Å². The molecule has 4 heteroatoms. The molecule has 2 bridgehead atoms. The van der Waals surface area contributed by atoms with Crippen molar-refractivity contribution in [3.05, 3.63) is 35.9 Å². The molecule has 0 aliphatic carbocycles. The van der Waals surface area contributed by atoms with Crippen LogP contribution in [0, 0.1) is 5.92 Å². The third kappa shape index (κ3) is 3.29. The van der Waals surface area contributed by atoms with E-state index in [1.165, 1.54) is 0 Å². The van der Waals surface area contributed by atoms with E-state index in [2.05, 4.69) is 6.92 Å². The van der Waals surface area contributed by atoms with Crippen LogP contribution in [0.25, 0.3) is 0 Å². The molecule has 2 fully saturated rings. The van der Waals surface area contributed by atoms with Crippen LogP contribution in [-0.4, -0.2) is 36.3 Å². The van der Waals surface area contributed by atoms with Crippen molar-refractivity contribution in [2.24, 2.45) is 5.92 Å². The lowest BCUT2D eigenvalue weighted by Gasteiger charge is -2.38. The molecule has 1 aromatic carbocycles. The highest BCUT2D eigenvalue weighted by Gasteiger charge is 2.50. The van der Waals surface area contributed by atoms with Crippen molar-refractivity contribution in [1.29, 1.82) is 0 Å². The van der Waals surface area contributed by atoms with Crippen LogP contribution in [0.15, 0.2) is 30.3 Å². The first-order valence-corrected chi connectivity index (χ1v) is 7.90. The second-order valence-corrected chi connectivity index (χ2v) is 5.93. The summed E-state index contributed by atoms with van der Waals surface area (Å²) in [5, 5.41) is 10.6. The highest BCUT2D eigenvalue weighted by Crippen LogP contribution is 2.36. The van der Waals surface area contributed by atoms with Gasteiger partial charge in [-0.2, -0.15) is 0 Å². The number of ether oxygens (including phenoxy) is 3. The van der Waals surface area contributed by atoms with E-state index < -0.39 is 6.10 Å². The van der Waals surface area contributed by atoms with Gasteiger partial charge in [0.15, 0.2) is 6.29 Å². The van der Waals surface area contributed by atoms with Crippen LogP contribution in [0.3, 0.4) is 0 Å². The number of benzene rings is 1.